The average Bonchev–Trinajstić information content (AvgIpc) is 2.84. The molecule has 0 aromatic heterocycles. The second-order valence-electron chi connectivity index (χ2n) is 7.29. The number of hydrogen-bond donors (Lipinski definition) is 1. The number of nitrogens with one attached hydrogen (secondary N) is 1. The molecule has 0 atom stereocenters. The van der Waals surface area contributed by atoms with E-state index >= 15 is 0 Å². The average molecular weight is 482 g/mol. The van der Waals surface area contributed by atoms with Gasteiger partial charge in [-0.25, -0.2) is 13.8 Å². The van der Waals surface area contributed by atoms with E-state index in [-0.39, 0.29) is 4.90 Å². The zero-order valence-electron chi connectivity index (χ0n) is 19.3. The number of hydrogen-bond acceptors (Lipinski definition) is 6. The molecule has 0 aliphatic carbocycles. The molecule has 0 unspecified atom stereocenters. The fraction of sp³-hybridized carbons (Fsp3) is 0.200. The Bertz CT molecular complexity index is 1240. The van der Waals surface area contributed by atoms with E-state index in [1.165, 1.54) is 25.5 Å². The van der Waals surface area contributed by atoms with Gasteiger partial charge >= 0.3 is 0 Å². The summed E-state index contributed by atoms with van der Waals surface area (Å²) in [5.41, 5.74) is 4.31. The minimum atomic E-state index is -4.02. The minimum absolute atomic E-state index is 0.0808. The summed E-state index contributed by atoms with van der Waals surface area (Å²) < 4.78 is 38.6. The molecule has 0 saturated heterocycles. The summed E-state index contributed by atoms with van der Waals surface area (Å²) in [6, 6.07) is 20.2. The molecule has 0 bridgehead atoms. The van der Waals surface area contributed by atoms with Crippen LogP contribution in [0.25, 0.3) is 0 Å². The molecule has 0 radical (unpaired) electrons. The molecule has 0 spiro atoms. The number of rotatable bonds is 10. The molecule has 8 nitrogen and oxygen atoms in total. The fourth-order valence-electron chi connectivity index (χ4n) is 3.14. The van der Waals surface area contributed by atoms with Crippen LogP contribution in [-0.2, 0) is 14.8 Å². The van der Waals surface area contributed by atoms with Crippen LogP contribution in [0, 0.1) is 6.92 Å². The molecular weight excluding hydrogens is 454 g/mol. The summed E-state index contributed by atoms with van der Waals surface area (Å²) in [5.74, 6) is 0.596. The van der Waals surface area contributed by atoms with Gasteiger partial charge in [0.05, 0.1) is 30.5 Å². The van der Waals surface area contributed by atoms with Crippen molar-refractivity contribution < 1.29 is 22.7 Å². The molecule has 0 aliphatic heterocycles. The van der Waals surface area contributed by atoms with Gasteiger partial charge in [-0.15, -0.1) is 0 Å². The molecule has 9 heteroatoms. The van der Waals surface area contributed by atoms with Gasteiger partial charge in [-0.2, -0.15) is 5.10 Å². The standard InChI is InChI=1S/C25H27N3O5S/c1-4-33-22-13-11-21(12-14-22)28(34(30,31)23-15-9-19(2)10-16-23)18-25(29)27-26-17-20-7-5-6-8-24(20)32-3/h5-17H,4,18H2,1-3H3,(H,27,29)/b26-17-. The molecule has 178 valence electrons. The Balaban J connectivity index is 1.85. The van der Waals surface area contributed by atoms with Gasteiger partial charge in [0.2, 0.25) is 0 Å². The second-order valence-corrected chi connectivity index (χ2v) is 9.15. The van der Waals surface area contributed by atoms with E-state index in [0.717, 1.165) is 9.87 Å². The van der Waals surface area contributed by atoms with Crippen LogP contribution in [0.2, 0.25) is 0 Å². The summed E-state index contributed by atoms with van der Waals surface area (Å²) >= 11 is 0. The minimum Gasteiger partial charge on any atom is -0.496 e. The van der Waals surface area contributed by atoms with Crippen molar-refractivity contribution in [3.8, 4) is 11.5 Å². The molecule has 1 N–H and O–H groups in total. The predicted octanol–water partition coefficient (Wildman–Crippen LogP) is 3.75. The lowest BCUT2D eigenvalue weighted by atomic mass is 10.2. The van der Waals surface area contributed by atoms with Crippen molar-refractivity contribution >= 4 is 27.8 Å². The van der Waals surface area contributed by atoms with Gasteiger partial charge in [0, 0.05) is 5.56 Å². The van der Waals surface area contributed by atoms with Gasteiger partial charge in [0.25, 0.3) is 15.9 Å². The molecule has 3 aromatic carbocycles. The molecule has 0 saturated carbocycles. The Hall–Kier alpha value is -3.85. The molecule has 0 aliphatic rings. The number of anilines is 1. The van der Waals surface area contributed by atoms with Gasteiger partial charge in [-0.05, 0) is 62.4 Å². The molecule has 34 heavy (non-hydrogen) atoms. The lowest BCUT2D eigenvalue weighted by Crippen LogP contribution is -2.39. The first-order chi connectivity index (χ1) is 16.3. The van der Waals surface area contributed by atoms with Crippen molar-refractivity contribution in [2.75, 3.05) is 24.6 Å². The number of carbonyl (C=O) groups excluding carboxylic acids is 1. The third-order valence-corrected chi connectivity index (χ3v) is 6.65. The lowest BCUT2D eigenvalue weighted by Gasteiger charge is -2.24. The summed E-state index contributed by atoms with van der Waals surface area (Å²) in [4.78, 5) is 12.8. The van der Waals surface area contributed by atoms with E-state index in [1.807, 2.05) is 26.0 Å². The first kappa shape index (κ1) is 24.8. The highest BCUT2D eigenvalue weighted by molar-refractivity contribution is 7.92. The molecule has 1 amide bonds. The lowest BCUT2D eigenvalue weighted by molar-refractivity contribution is -0.119. The number of benzene rings is 3. The summed E-state index contributed by atoms with van der Waals surface area (Å²) in [7, 11) is -2.48. The Morgan fingerprint density at radius 2 is 1.71 bits per heavy atom. The largest absolute Gasteiger partial charge is 0.496 e. The van der Waals surface area contributed by atoms with Gasteiger partial charge in [0.15, 0.2) is 0 Å². The quantitative estimate of drug-likeness (QED) is 0.351. The Labute approximate surface area is 199 Å². The van der Waals surface area contributed by atoms with Crippen LogP contribution in [0.15, 0.2) is 82.8 Å². The Kier molecular flexibility index (Phi) is 8.26. The smallest absolute Gasteiger partial charge is 0.264 e. The Morgan fingerprint density at radius 3 is 2.35 bits per heavy atom. The van der Waals surface area contributed by atoms with Crippen molar-refractivity contribution in [2.45, 2.75) is 18.7 Å². The number of aryl methyl sites for hydroxylation is 1. The van der Waals surface area contributed by atoms with Crippen LogP contribution >= 0.6 is 0 Å². The number of sulfonamides is 1. The van der Waals surface area contributed by atoms with Crippen LogP contribution in [-0.4, -0.2) is 40.8 Å². The van der Waals surface area contributed by atoms with Crippen LogP contribution < -0.4 is 19.2 Å². The van der Waals surface area contributed by atoms with Crippen LogP contribution in [0.3, 0.4) is 0 Å². The van der Waals surface area contributed by atoms with E-state index in [2.05, 4.69) is 10.5 Å². The number of amides is 1. The van der Waals surface area contributed by atoms with Crippen LogP contribution in [0.5, 0.6) is 11.5 Å². The van der Waals surface area contributed by atoms with Crippen LogP contribution in [0.1, 0.15) is 18.1 Å². The van der Waals surface area contributed by atoms with E-state index in [1.54, 1.807) is 48.5 Å². The van der Waals surface area contributed by atoms with Crippen molar-refractivity contribution in [1.29, 1.82) is 0 Å². The fourth-order valence-corrected chi connectivity index (χ4v) is 4.56. The van der Waals surface area contributed by atoms with E-state index in [0.29, 0.717) is 29.4 Å². The zero-order chi connectivity index (χ0) is 24.6. The number of hydrazone groups is 1. The maximum atomic E-state index is 13.4. The summed E-state index contributed by atoms with van der Waals surface area (Å²) in [5, 5.41) is 3.96. The highest BCUT2D eigenvalue weighted by Crippen LogP contribution is 2.26. The maximum absolute atomic E-state index is 13.4. The number of nitrogens with zero attached hydrogens (tertiary/aromatic N) is 2. The van der Waals surface area contributed by atoms with Crippen molar-refractivity contribution in [3.05, 3.63) is 83.9 Å². The van der Waals surface area contributed by atoms with Gasteiger partial charge in [-0.1, -0.05) is 29.8 Å². The first-order valence-electron chi connectivity index (χ1n) is 10.6. The molecular formula is C25H27N3O5S. The summed E-state index contributed by atoms with van der Waals surface area (Å²) in [6.07, 6.45) is 1.44. The first-order valence-corrected chi connectivity index (χ1v) is 12.1. The van der Waals surface area contributed by atoms with Crippen molar-refractivity contribution in [2.24, 2.45) is 5.10 Å². The van der Waals surface area contributed by atoms with E-state index in [9.17, 15) is 13.2 Å². The molecule has 0 heterocycles. The number of carbonyl (C=O) groups is 1. The Morgan fingerprint density at radius 1 is 1.03 bits per heavy atom. The predicted molar refractivity (Wildman–Crippen MR) is 132 cm³/mol. The number of ether oxygens (including phenoxy) is 2. The van der Waals surface area contributed by atoms with Gasteiger partial charge in [0.1, 0.15) is 18.0 Å². The highest BCUT2D eigenvalue weighted by atomic mass is 32.2. The van der Waals surface area contributed by atoms with Crippen LogP contribution in [0.4, 0.5) is 5.69 Å². The van der Waals surface area contributed by atoms with Crippen molar-refractivity contribution in [3.63, 3.8) is 0 Å². The third-order valence-electron chi connectivity index (χ3n) is 4.86. The van der Waals surface area contributed by atoms with E-state index in [4.69, 9.17) is 9.47 Å². The highest BCUT2D eigenvalue weighted by Gasteiger charge is 2.27. The normalized spacial score (nSPS) is 11.3. The second kappa shape index (κ2) is 11.3. The molecule has 0 fully saturated rings. The summed E-state index contributed by atoms with van der Waals surface area (Å²) in [6.45, 7) is 3.75. The molecule has 3 rings (SSSR count). The van der Waals surface area contributed by atoms with E-state index < -0.39 is 22.5 Å². The van der Waals surface area contributed by atoms with Gasteiger partial charge in [-0.3, -0.25) is 9.10 Å². The monoisotopic (exact) mass is 481 g/mol. The number of para-hydroxylation sites is 1. The topological polar surface area (TPSA) is 97.3 Å². The maximum Gasteiger partial charge on any atom is 0.264 e. The molecule has 3 aromatic rings. The SMILES string of the molecule is CCOc1ccc(N(CC(=O)N/N=C\c2ccccc2OC)S(=O)(=O)c2ccc(C)cc2)cc1. The zero-order valence-corrected chi connectivity index (χ0v) is 20.1. The van der Waals surface area contributed by atoms with Gasteiger partial charge < -0.3 is 9.47 Å². The number of methoxy groups -OCH3 is 1. The van der Waals surface area contributed by atoms with Crippen molar-refractivity contribution in [1.82, 2.24) is 5.43 Å². The third kappa shape index (κ3) is 6.14.